The average Bonchev–Trinajstić information content (AvgIpc) is 3.32. The molecule has 9 heteroatoms. The van der Waals surface area contributed by atoms with Gasteiger partial charge in [0, 0.05) is 22.8 Å². The van der Waals surface area contributed by atoms with Crippen molar-refractivity contribution in [2.45, 2.75) is 18.9 Å². The van der Waals surface area contributed by atoms with Crippen molar-refractivity contribution in [1.82, 2.24) is 4.90 Å². The van der Waals surface area contributed by atoms with Crippen LogP contribution in [0, 0.1) is 0 Å². The van der Waals surface area contributed by atoms with E-state index in [-0.39, 0.29) is 5.91 Å². The first-order valence-corrected chi connectivity index (χ1v) is 11.3. The molecule has 0 spiro atoms. The maximum absolute atomic E-state index is 12.7. The summed E-state index contributed by atoms with van der Waals surface area (Å²) in [6.45, 7) is 0.448. The number of carbonyl (C=O) groups is 3. The van der Waals surface area contributed by atoms with Gasteiger partial charge in [0.15, 0.2) is 0 Å². The fourth-order valence-corrected chi connectivity index (χ4v) is 4.31. The van der Waals surface area contributed by atoms with Crippen LogP contribution in [0.1, 0.15) is 23.2 Å². The van der Waals surface area contributed by atoms with E-state index in [1.54, 1.807) is 42.5 Å². The molecule has 1 heterocycles. The molecule has 0 bridgehead atoms. The number of aliphatic carboxylic acids is 1. The minimum Gasteiger partial charge on any atom is -0.480 e. The van der Waals surface area contributed by atoms with E-state index >= 15 is 0 Å². The molecule has 3 amide bonds. The number of carboxylic acids is 1. The molecule has 3 N–H and O–H groups in total. The van der Waals surface area contributed by atoms with Crippen LogP contribution < -0.4 is 10.6 Å². The SMILES string of the molecule is O=C(Nc1ccc(-c2ccc(C(=O)N3CCC[C@@H]3C(=O)O)cc2)cc1)Nc1ccc(Cl)cc1Cl. The van der Waals surface area contributed by atoms with Crippen molar-refractivity contribution in [2.75, 3.05) is 17.2 Å². The molecule has 174 valence electrons. The summed E-state index contributed by atoms with van der Waals surface area (Å²) in [5.74, 6) is -1.25. The van der Waals surface area contributed by atoms with E-state index in [0.717, 1.165) is 11.1 Å². The van der Waals surface area contributed by atoms with Gasteiger partial charge >= 0.3 is 12.0 Å². The van der Waals surface area contributed by atoms with Crippen LogP contribution in [0.3, 0.4) is 0 Å². The predicted octanol–water partition coefficient (Wildman–Crippen LogP) is 5.99. The number of benzene rings is 3. The topological polar surface area (TPSA) is 98.7 Å². The summed E-state index contributed by atoms with van der Waals surface area (Å²) in [5.41, 5.74) is 3.27. The second-order valence-corrected chi connectivity index (χ2v) is 8.70. The molecule has 7 nitrogen and oxygen atoms in total. The lowest BCUT2D eigenvalue weighted by Crippen LogP contribution is -2.40. The molecule has 0 saturated carbocycles. The molecular formula is C25H21Cl2N3O4. The first-order valence-electron chi connectivity index (χ1n) is 10.6. The third-order valence-corrected chi connectivity index (χ3v) is 6.13. The number of carbonyl (C=O) groups excluding carboxylic acids is 2. The second kappa shape index (κ2) is 10.2. The van der Waals surface area contributed by atoms with Crippen LogP contribution in [0.2, 0.25) is 10.0 Å². The summed E-state index contributed by atoms with van der Waals surface area (Å²) in [6, 6.07) is 17.8. The van der Waals surface area contributed by atoms with Gasteiger partial charge in [0.25, 0.3) is 5.91 Å². The van der Waals surface area contributed by atoms with Crippen molar-refractivity contribution >= 4 is 52.5 Å². The molecule has 0 unspecified atom stereocenters. The lowest BCUT2D eigenvalue weighted by atomic mass is 10.0. The van der Waals surface area contributed by atoms with Crippen LogP contribution in [-0.4, -0.2) is 40.5 Å². The Morgan fingerprint density at radius 1 is 0.882 bits per heavy atom. The van der Waals surface area contributed by atoms with Crippen LogP contribution in [0.15, 0.2) is 66.7 Å². The third-order valence-electron chi connectivity index (χ3n) is 5.59. The van der Waals surface area contributed by atoms with Crippen LogP contribution in [-0.2, 0) is 4.79 Å². The summed E-state index contributed by atoms with van der Waals surface area (Å²) in [4.78, 5) is 37.8. The number of hydrogen-bond donors (Lipinski definition) is 3. The maximum atomic E-state index is 12.7. The molecular weight excluding hydrogens is 477 g/mol. The molecule has 34 heavy (non-hydrogen) atoms. The molecule has 1 saturated heterocycles. The van der Waals surface area contributed by atoms with E-state index in [1.165, 1.54) is 4.90 Å². The van der Waals surface area contributed by atoms with Gasteiger partial charge in [0.2, 0.25) is 0 Å². The molecule has 1 aliphatic heterocycles. The summed E-state index contributed by atoms with van der Waals surface area (Å²) < 4.78 is 0. The number of rotatable bonds is 5. The number of amides is 3. The normalized spacial score (nSPS) is 15.1. The van der Waals surface area contributed by atoms with Crippen molar-refractivity contribution in [3.05, 3.63) is 82.3 Å². The van der Waals surface area contributed by atoms with Gasteiger partial charge in [-0.3, -0.25) is 4.79 Å². The Morgan fingerprint density at radius 3 is 2.15 bits per heavy atom. The van der Waals surface area contributed by atoms with Crippen molar-refractivity contribution in [1.29, 1.82) is 0 Å². The zero-order chi connectivity index (χ0) is 24.2. The Labute approximate surface area is 206 Å². The van der Waals surface area contributed by atoms with Crippen molar-refractivity contribution in [2.24, 2.45) is 0 Å². The lowest BCUT2D eigenvalue weighted by molar-refractivity contribution is -0.141. The van der Waals surface area contributed by atoms with Gasteiger partial charge in [-0.2, -0.15) is 0 Å². The van der Waals surface area contributed by atoms with Crippen molar-refractivity contribution in [3.63, 3.8) is 0 Å². The Kier molecular flexibility index (Phi) is 7.05. The Balaban J connectivity index is 1.39. The second-order valence-electron chi connectivity index (χ2n) is 7.85. The predicted molar refractivity (Wildman–Crippen MR) is 133 cm³/mol. The van der Waals surface area contributed by atoms with E-state index in [1.807, 2.05) is 24.3 Å². The first-order chi connectivity index (χ1) is 16.3. The van der Waals surface area contributed by atoms with E-state index in [2.05, 4.69) is 10.6 Å². The summed E-state index contributed by atoms with van der Waals surface area (Å²) in [5, 5.41) is 15.5. The molecule has 0 aromatic heterocycles. The van der Waals surface area contributed by atoms with Crippen LogP contribution in [0.25, 0.3) is 11.1 Å². The van der Waals surface area contributed by atoms with Gasteiger partial charge in [-0.15, -0.1) is 0 Å². The van der Waals surface area contributed by atoms with Crippen LogP contribution in [0.4, 0.5) is 16.2 Å². The highest BCUT2D eigenvalue weighted by molar-refractivity contribution is 6.36. The fraction of sp³-hybridized carbons (Fsp3) is 0.160. The summed E-state index contributed by atoms with van der Waals surface area (Å²) in [7, 11) is 0. The first kappa shape index (κ1) is 23.6. The molecule has 1 fully saturated rings. The van der Waals surface area contributed by atoms with Crippen molar-refractivity contribution in [3.8, 4) is 11.1 Å². The third kappa shape index (κ3) is 5.32. The van der Waals surface area contributed by atoms with Gasteiger partial charge in [0.05, 0.1) is 10.7 Å². The van der Waals surface area contributed by atoms with Gasteiger partial charge in [0.1, 0.15) is 6.04 Å². The Morgan fingerprint density at radius 2 is 1.53 bits per heavy atom. The Hall–Kier alpha value is -3.55. The highest BCUT2D eigenvalue weighted by Gasteiger charge is 2.34. The largest absolute Gasteiger partial charge is 0.480 e. The number of likely N-dealkylation sites (tertiary alicyclic amines) is 1. The lowest BCUT2D eigenvalue weighted by Gasteiger charge is -2.21. The number of carboxylic acid groups (broad SMARTS) is 1. The molecule has 3 aromatic rings. The summed E-state index contributed by atoms with van der Waals surface area (Å²) >= 11 is 11.9. The van der Waals surface area contributed by atoms with E-state index in [0.29, 0.717) is 46.4 Å². The van der Waals surface area contributed by atoms with Gasteiger partial charge in [-0.25, -0.2) is 9.59 Å². The van der Waals surface area contributed by atoms with E-state index in [9.17, 15) is 19.5 Å². The van der Waals surface area contributed by atoms with Gasteiger partial charge in [-0.05, 0) is 66.4 Å². The smallest absolute Gasteiger partial charge is 0.326 e. The zero-order valence-electron chi connectivity index (χ0n) is 17.9. The van der Waals surface area contributed by atoms with E-state index < -0.39 is 18.0 Å². The zero-order valence-corrected chi connectivity index (χ0v) is 19.4. The molecule has 3 aromatic carbocycles. The fourth-order valence-electron chi connectivity index (χ4n) is 3.86. The minimum atomic E-state index is -0.971. The van der Waals surface area contributed by atoms with Crippen LogP contribution >= 0.6 is 23.2 Å². The number of halogens is 2. The molecule has 4 rings (SSSR count). The Bertz CT molecular complexity index is 1230. The molecule has 1 aliphatic rings. The number of anilines is 2. The van der Waals surface area contributed by atoms with E-state index in [4.69, 9.17) is 23.2 Å². The average molecular weight is 498 g/mol. The van der Waals surface area contributed by atoms with Crippen molar-refractivity contribution < 1.29 is 19.5 Å². The van der Waals surface area contributed by atoms with Gasteiger partial charge < -0.3 is 20.6 Å². The number of nitrogens with zero attached hydrogens (tertiary/aromatic N) is 1. The quantitative estimate of drug-likeness (QED) is 0.402. The molecule has 0 radical (unpaired) electrons. The molecule has 0 aliphatic carbocycles. The molecule has 1 atom stereocenters. The number of nitrogens with one attached hydrogen (secondary N) is 2. The standard InChI is InChI=1S/C25H21Cl2N3O4/c26-18-9-12-21(20(27)14-18)29-25(34)28-19-10-7-16(8-11-19)15-3-5-17(6-4-15)23(31)30-13-1-2-22(30)24(32)33/h3-12,14,22H,1-2,13H2,(H,32,33)(H2,28,29,34)/t22-/m1/s1. The highest BCUT2D eigenvalue weighted by Crippen LogP contribution is 2.27. The highest BCUT2D eigenvalue weighted by atomic mass is 35.5. The monoisotopic (exact) mass is 497 g/mol. The summed E-state index contributed by atoms with van der Waals surface area (Å²) in [6.07, 6.45) is 1.16. The maximum Gasteiger partial charge on any atom is 0.326 e. The van der Waals surface area contributed by atoms with Crippen LogP contribution in [0.5, 0.6) is 0 Å². The minimum absolute atomic E-state index is 0.275. The number of hydrogen-bond acceptors (Lipinski definition) is 3. The number of urea groups is 1. The van der Waals surface area contributed by atoms with Gasteiger partial charge in [-0.1, -0.05) is 47.5 Å².